The van der Waals surface area contributed by atoms with Crippen LogP contribution >= 0.6 is 0 Å². The predicted molar refractivity (Wildman–Crippen MR) is 57.8 cm³/mol. The zero-order valence-corrected chi connectivity index (χ0v) is 9.82. The first-order chi connectivity index (χ1) is 7.63. The van der Waals surface area contributed by atoms with Crippen LogP contribution < -0.4 is 5.32 Å². The van der Waals surface area contributed by atoms with E-state index in [2.05, 4.69) is 5.32 Å². The van der Waals surface area contributed by atoms with E-state index in [1.165, 1.54) is 0 Å². The Kier molecular flexibility index (Phi) is 5.25. The molecule has 0 radical (unpaired) electrons. The summed E-state index contributed by atoms with van der Waals surface area (Å²) < 4.78 is 10.1. The van der Waals surface area contributed by atoms with Gasteiger partial charge in [0, 0.05) is 6.61 Å². The van der Waals surface area contributed by atoms with Crippen LogP contribution in [0.15, 0.2) is 0 Å². The molecule has 5 heteroatoms. The van der Waals surface area contributed by atoms with Gasteiger partial charge >= 0.3 is 5.97 Å². The van der Waals surface area contributed by atoms with Gasteiger partial charge in [-0.05, 0) is 26.7 Å². The van der Waals surface area contributed by atoms with Crippen LogP contribution in [0, 0.1) is 0 Å². The topological polar surface area (TPSA) is 64.6 Å². The molecule has 1 amide bonds. The number of carbonyl (C=O) groups is 2. The van der Waals surface area contributed by atoms with Gasteiger partial charge in [0.15, 0.2) is 0 Å². The predicted octanol–water partition coefficient (Wildman–Crippen LogP) is 0.623. The van der Waals surface area contributed by atoms with E-state index in [0.29, 0.717) is 13.0 Å². The Morgan fingerprint density at radius 1 is 1.56 bits per heavy atom. The van der Waals surface area contributed by atoms with Gasteiger partial charge < -0.3 is 14.8 Å². The Morgan fingerprint density at radius 2 is 2.31 bits per heavy atom. The fourth-order valence-electron chi connectivity index (χ4n) is 1.64. The van der Waals surface area contributed by atoms with Gasteiger partial charge in [0.1, 0.15) is 6.04 Å². The zero-order chi connectivity index (χ0) is 12.0. The fourth-order valence-corrected chi connectivity index (χ4v) is 1.64. The number of esters is 1. The van der Waals surface area contributed by atoms with Gasteiger partial charge in [0.05, 0.1) is 19.1 Å². The molecule has 92 valence electrons. The lowest BCUT2D eigenvalue weighted by molar-refractivity contribution is -0.147. The summed E-state index contributed by atoms with van der Waals surface area (Å²) in [6.45, 7) is 4.40. The highest BCUT2D eigenvalue weighted by Crippen LogP contribution is 2.14. The van der Waals surface area contributed by atoms with E-state index in [-0.39, 0.29) is 12.0 Å². The largest absolute Gasteiger partial charge is 0.464 e. The summed E-state index contributed by atoms with van der Waals surface area (Å²) in [7, 11) is 0. The average Bonchev–Trinajstić information content (AvgIpc) is 2.70. The summed E-state index contributed by atoms with van der Waals surface area (Å²) in [5.74, 6) is -0.560. The maximum Gasteiger partial charge on any atom is 0.328 e. The second-order valence-corrected chi connectivity index (χ2v) is 3.88. The lowest BCUT2D eigenvalue weighted by Crippen LogP contribution is -2.40. The van der Waals surface area contributed by atoms with Crippen LogP contribution in [0.4, 0.5) is 0 Å². The monoisotopic (exact) mass is 229 g/mol. The van der Waals surface area contributed by atoms with Gasteiger partial charge in [-0.25, -0.2) is 4.79 Å². The molecule has 0 aromatic carbocycles. The fraction of sp³-hybridized carbons (Fsp3) is 0.818. The first kappa shape index (κ1) is 13.0. The Bertz CT molecular complexity index is 248. The number of nitrogens with one attached hydrogen (secondary N) is 1. The summed E-state index contributed by atoms with van der Waals surface area (Å²) in [5, 5.41) is 2.60. The molecular formula is C11H19NO4. The lowest BCUT2D eigenvalue weighted by atomic mass is 10.1. The average molecular weight is 229 g/mol. The first-order valence-corrected chi connectivity index (χ1v) is 5.71. The zero-order valence-electron chi connectivity index (χ0n) is 9.82. The molecule has 2 unspecified atom stereocenters. The highest BCUT2D eigenvalue weighted by Gasteiger charge is 2.22. The maximum atomic E-state index is 11.5. The van der Waals surface area contributed by atoms with E-state index in [1.807, 2.05) is 0 Å². The number of hydrogen-bond acceptors (Lipinski definition) is 4. The van der Waals surface area contributed by atoms with Crippen molar-refractivity contribution in [3.63, 3.8) is 0 Å². The van der Waals surface area contributed by atoms with E-state index in [4.69, 9.17) is 9.47 Å². The number of rotatable bonds is 5. The van der Waals surface area contributed by atoms with E-state index in [9.17, 15) is 9.59 Å². The molecule has 0 aromatic rings. The van der Waals surface area contributed by atoms with Crippen LogP contribution in [-0.4, -0.2) is 37.2 Å². The van der Waals surface area contributed by atoms with Crippen molar-refractivity contribution in [1.82, 2.24) is 5.32 Å². The molecule has 1 aliphatic rings. The SMILES string of the molecule is CCOC(=O)C(C)NC(=O)CC1CCCO1. The van der Waals surface area contributed by atoms with Crippen molar-refractivity contribution in [3.05, 3.63) is 0 Å². The van der Waals surface area contributed by atoms with Gasteiger partial charge in [-0.3, -0.25) is 4.79 Å². The van der Waals surface area contributed by atoms with E-state index < -0.39 is 12.0 Å². The number of ether oxygens (including phenoxy) is 2. The highest BCUT2D eigenvalue weighted by molar-refractivity contribution is 5.84. The summed E-state index contributed by atoms with van der Waals surface area (Å²) in [6.07, 6.45) is 2.26. The molecule has 2 atom stereocenters. The van der Waals surface area contributed by atoms with Crippen LogP contribution in [0.5, 0.6) is 0 Å². The number of hydrogen-bond donors (Lipinski definition) is 1. The summed E-state index contributed by atoms with van der Waals surface area (Å²) in [6, 6.07) is -0.589. The van der Waals surface area contributed by atoms with Gasteiger partial charge in [-0.2, -0.15) is 0 Å². The first-order valence-electron chi connectivity index (χ1n) is 5.71. The minimum atomic E-state index is -0.589. The number of amides is 1. The van der Waals surface area contributed by atoms with Crippen LogP contribution in [0.25, 0.3) is 0 Å². The van der Waals surface area contributed by atoms with Crippen molar-refractivity contribution < 1.29 is 19.1 Å². The minimum Gasteiger partial charge on any atom is -0.464 e. The van der Waals surface area contributed by atoms with Crippen molar-refractivity contribution in [1.29, 1.82) is 0 Å². The lowest BCUT2D eigenvalue weighted by Gasteiger charge is -2.14. The smallest absolute Gasteiger partial charge is 0.328 e. The van der Waals surface area contributed by atoms with Gasteiger partial charge in [-0.15, -0.1) is 0 Å². The third-order valence-electron chi connectivity index (χ3n) is 2.45. The second-order valence-electron chi connectivity index (χ2n) is 3.88. The minimum absolute atomic E-state index is 0.00870. The molecule has 16 heavy (non-hydrogen) atoms. The Morgan fingerprint density at radius 3 is 2.88 bits per heavy atom. The third kappa shape index (κ3) is 4.18. The van der Waals surface area contributed by atoms with Crippen molar-refractivity contribution >= 4 is 11.9 Å². The Labute approximate surface area is 95.5 Å². The van der Waals surface area contributed by atoms with Gasteiger partial charge in [-0.1, -0.05) is 0 Å². The van der Waals surface area contributed by atoms with Crippen LogP contribution in [0.1, 0.15) is 33.1 Å². The molecule has 1 rings (SSSR count). The molecular weight excluding hydrogens is 210 g/mol. The summed E-state index contributed by atoms with van der Waals surface area (Å²) in [4.78, 5) is 22.8. The number of carbonyl (C=O) groups excluding carboxylic acids is 2. The quantitative estimate of drug-likeness (QED) is 0.702. The summed E-state index contributed by atoms with van der Waals surface area (Å²) in [5.41, 5.74) is 0. The van der Waals surface area contributed by atoms with Gasteiger partial charge in [0.2, 0.25) is 5.91 Å². The van der Waals surface area contributed by atoms with Crippen molar-refractivity contribution in [3.8, 4) is 0 Å². The molecule has 1 N–H and O–H groups in total. The van der Waals surface area contributed by atoms with Crippen molar-refractivity contribution in [2.24, 2.45) is 0 Å². The van der Waals surface area contributed by atoms with Crippen molar-refractivity contribution in [2.45, 2.75) is 45.3 Å². The Hall–Kier alpha value is -1.10. The maximum absolute atomic E-state index is 11.5. The second kappa shape index (κ2) is 6.48. The molecule has 0 aliphatic carbocycles. The normalized spacial score (nSPS) is 21.5. The highest BCUT2D eigenvalue weighted by atomic mass is 16.5. The van der Waals surface area contributed by atoms with Crippen LogP contribution in [0.2, 0.25) is 0 Å². The molecule has 5 nitrogen and oxygen atoms in total. The van der Waals surface area contributed by atoms with Crippen LogP contribution in [-0.2, 0) is 19.1 Å². The van der Waals surface area contributed by atoms with Gasteiger partial charge in [0.25, 0.3) is 0 Å². The summed E-state index contributed by atoms with van der Waals surface area (Å²) >= 11 is 0. The molecule has 0 saturated carbocycles. The molecule has 1 fully saturated rings. The van der Waals surface area contributed by atoms with Crippen LogP contribution in [0.3, 0.4) is 0 Å². The molecule has 1 heterocycles. The van der Waals surface area contributed by atoms with Crippen molar-refractivity contribution in [2.75, 3.05) is 13.2 Å². The third-order valence-corrected chi connectivity index (χ3v) is 2.45. The molecule has 0 bridgehead atoms. The molecule has 0 spiro atoms. The van der Waals surface area contributed by atoms with E-state index in [0.717, 1.165) is 19.4 Å². The molecule has 1 saturated heterocycles. The molecule has 0 aromatic heterocycles. The Balaban J connectivity index is 2.24. The standard InChI is InChI=1S/C11H19NO4/c1-3-15-11(14)8(2)12-10(13)7-9-5-4-6-16-9/h8-9H,3-7H2,1-2H3,(H,12,13). The van der Waals surface area contributed by atoms with E-state index in [1.54, 1.807) is 13.8 Å². The van der Waals surface area contributed by atoms with E-state index >= 15 is 0 Å². The molecule has 1 aliphatic heterocycles.